The van der Waals surface area contributed by atoms with Crippen molar-refractivity contribution < 1.29 is 24.1 Å². The van der Waals surface area contributed by atoms with Gasteiger partial charge in [0.1, 0.15) is 24.2 Å². The van der Waals surface area contributed by atoms with Crippen LogP contribution in [0.3, 0.4) is 0 Å². The molecule has 1 N–H and O–H groups in total. The van der Waals surface area contributed by atoms with Gasteiger partial charge in [0.15, 0.2) is 0 Å². The van der Waals surface area contributed by atoms with Gasteiger partial charge in [-0.05, 0) is 36.4 Å². The maximum absolute atomic E-state index is 11.8. The number of aliphatic hydroxyl groups is 1. The summed E-state index contributed by atoms with van der Waals surface area (Å²) >= 11 is 3.50. The first kappa shape index (κ1) is 17.6. The summed E-state index contributed by atoms with van der Waals surface area (Å²) in [5.74, 6) is 1.42. The van der Waals surface area contributed by atoms with Gasteiger partial charge in [-0.3, -0.25) is 4.90 Å². The number of hydrogen-bond donors (Lipinski definition) is 1. The molecule has 3 rings (SSSR count). The van der Waals surface area contributed by atoms with Crippen molar-refractivity contribution in [2.24, 2.45) is 0 Å². The minimum Gasteiger partial charge on any atom is -0.496 e. The third-order valence-electron chi connectivity index (χ3n) is 3.91. The molecular weight excluding hydrogens is 390 g/mol. The quantitative estimate of drug-likeness (QED) is 0.794. The zero-order chi connectivity index (χ0) is 17.8. The summed E-state index contributed by atoms with van der Waals surface area (Å²) in [4.78, 5) is 13.3. The molecule has 25 heavy (non-hydrogen) atoms. The largest absolute Gasteiger partial charge is 0.496 e. The monoisotopic (exact) mass is 407 g/mol. The van der Waals surface area contributed by atoms with Gasteiger partial charge >= 0.3 is 6.09 Å². The number of anilines is 1. The zero-order valence-corrected chi connectivity index (χ0v) is 15.2. The number of nitrogens with zero attached hydrogens (tertiary/aromatic N) is 1. The second kappa shape index (κ2) is 7.76. The van der Waals surface area contributed by atoms with Crippen LogP contribution in [0.15, 0.2) is 46.9 Å². The van der Waals surface area contributed by atoms with Crippen molar-refractivity contribution in [3.63, 3.8) is 0 Å². The molecule has 2 aromatic carbocycles. The highest BCUT2D eigenvalue weighted by atomic mass is 79.9. The van der Waals surface area contributed by atoms with Gasteiger partial charge in [-0.2, -0.15) is 0 Å². The van der Waals surface area contributed by atoms with E-state index in [1.165, 1.54) is 4.90 Å². The number of rotatable bonds is 6. The number of cyclic esters (lactones) is 1. The highest BCUT2D eigenvalue weighted by Gasteiger charge is 2.31. The average Bonchev–Trinajstić information content (AvgIpc) is 3.02. The standard InChI is InChI=1S/C18H18BrNO5/c1-23-17-4-2-3-16(19)15(17)11-24-13-7-5-12(6-8-13)20-9-14(10-21)25-18(20)22/h2-8,14,21H,9-11H2,1H3. The topological polar surface area (TPSA) is 68.2 Å². The Morgan fingerprint density at radius 1 is 1.28 bits per heavy atom. The van der Waals surface area contributed by atoms with Gasteiger partial charge in [0, 0.05) is 15.7 Å². The molecule has 1 aliphatic rings. The van der Waals surface area contributed by atoms with Crippen LogP contribution in [0.5, 0.6) is 11.5 Å². The molecule has 132 valence electrons. The Kier molecular flexibility index (Phi) is 5.45. The number of carbonyl (C=O) groups is 1. The first-order valence-electron chi connectivity index (χ1n) is 7.75. The fraction of sp³-hybridized carbons (Fsp3) is 0.278. The fourth-order valence-electron chi connectivity index (χ4n) is 2.58. The molecular formula is C18H18BrNO5. The smallest absolute Gasteiger partial charge is 0.414 e. The minimum absolute atomic E-state index is 0.183. The number of methoxy groups -OCH3 is 1. The van der Waals surface area contributed by atoms with Gasteiger partial charge in [-0.25, -0.2) is 4.79 Å². The molecule has 1 saturated heterocycles. The molecule has 1 unspecified atom stereocenters. The number of halogens is 1. The van der Waals surface area contributed by atoms with Crippen LogP contribution in [-0.2, 0) is 11.3 Å². The van der Waals surface area contributed by atoms with Crippen molar-refractivity contribution in [2.75, 3.05) is 25.2 Å². The Balaban J connectivity index is 1.67. The van der Waals surface area contributed by atoms with E-state index < -0.39 is 12.2 Å². The van der Waals surface area contributed by atoms with E-state index in [0.29, 0.717) is 24.6 Å². The molecule has 0 aliphatic carbocycles. The molecule has 1 aliphatic heterocycles. The van der Waals surface area contributed by atoms with Crippen LogP contribution in [-0.4, -0.2) is 37.6 Å². The molecule has 1 amide bonds. The van der Waals surface area contributed by atoms with E-state index >= 15 is 0 Å². The lowest BCUT2D eigenvalue weighted by molar-refractivity contribution is 0.0963. The molecule has 0 aromatic heterocycles. The van der Waals surface area contributed by atoms with Crippen LogP contribution in [0, 0.1) is 0 Å². The summed E-state index contributed by atoms with van der Waals surface area (Å²) in [6, 6.07) is 12.9. The van der Waals surface area contributed by atoms with Crippen molar-refractivity contribution in [3.05, 3.63) is 52.5 Å². The van der Waals surface area contributed by atoms with E-state index in [1.54, 1.807) is 31.4 Å². The second-order valence-corrected chi connectivity index (χ2v) is 6.36. The van der Waals surface area contributed by atoms with Crippen LogP contribution in [0.4, 0.5) is 10.5 Å². The van der Waals surface area contributed by atoms with Gasteiger partial charge in [0.05, 0.1) is 20.3 Å². The Morgan fingerprint density at radius 3 is 2.68 bits per heavy atom. The Morgan fingerprint density at radius 2 is 2.04 bits per heavy atom. The number of amides is 1. The Bertz CT molecular complexity index is 750. The predicted octanol–water partition coefficient (Wildman–Crippen LogP) is 3.35. The Hall–Kier alpha value is -2.25. The highest BCUT2D eigenvalue weighted by Crippen LogP contribution is 2.29. The number of hydrogen-bond acceptors (Lipinski definition) is 5. The van der Waals surface area contributed by atoms with Crippen molar-refractivity contribution in [2.45, 2.75) is 12.7 Å². The van der Waals surface area contributed by atoms with Crippen LogP contribution >= 0.6 is 15.9 Å². The maximum Gasteiger partial charge on any atom is 0.414 e. The van der Waals surface area contributed by atoms with E-state index in [2.05, 4.69) is 15.9 Å². The number of carbonyl (C=O) groups excluding carboxylic acids is 1. The summed E-state index contributed by atoms with van der Waals surface area (Å²) in [5.41, 5.74) is 1.62. The molecule has 0 radical (unpaired) electrons. The second-order valence-electron chi connectivity index (χ2n) is 5.50. The fourth-order valence-corrected chi connectivity index (χ4v) is 3.04. The number of ether oxygens (including phenoxy) is 3. The number of aliphatic hydroxyl groups excluding tert-OH is 1. The Labute approximate surface area is 154 Å². The molecule has 2 aromatic rings. The molecule has 0 bridgehead atoms. The highest BCUT2D eigenvalue weighted by molar-refractivity contribution is 9.10. The van der Waals surface area contributed by atoms with Crippen LogP contribution < -0.4 is 14.4 Å². The molecule has 0 spiro atoms. The van der Waals surface area contributed by atoms with Crippen LogP contribution in [0.1, 0.15) is 5.56 Å². The summed E-state index contributed by atoms with van der Waals surface area (Å²) in [6.07, 6.45) is -0.933. The minimum atomic E-state index is -0.480. The first-order chi connectivity index (χ1) is 12.1. The van der Waals surface area contributed by atoms with E-state index in [4.69, 9.17) is 19.3 Å². The third-order valence-corrected chi connectivity index (χ3v) is 4.65. The molecule has 1 fully saturated rings. The molecule has 1 heterocycles. The van der Waals surface area contributed by atoms with Crippen molar-refractivity contribution in [3.8, 4) is 11.5 Å². The summed E-state index contributed by atoms with van der Waals surface area (Å²) in [6.45, 7) is 0.503. The van der Waals surface area contributed by atoms with Crippen LogP contribution in [0.2, 0.25) is 0 Å². The van der Waals surface area contributed by atoms with Gasteiger partial charge in [-0.15, -0.1) is 0 Å². The van der Waals surface area contributed by atoms with E-state index in [0.717, 1.165) is 15.8 Å². The summed E-state index contributed by atoms with van der Waals surface area (Å²) in [5, 5.41) is 9.10. The van der Waals surface area contributed by atoms with Crippen LogP contribution in [0.25, 0.3) is 0 Å². The van der Waals surface area contributed by atoms with E-state index in [-0.39, 0.29) is 6.61 Å². The van der Waals surface area contributed by atoms with Gasteiger partial charge in [0.25, 0.3) is 0 Å². The molecule has 0 saturated carbocycles. The van der Waals surface area contributed by atoms with E-state index in [1.807, 2.05) is 18.2 Å². The molecule has 6 nitrogen and oxygen atoms in total. The van der Waals surface area contributed by atoms with Crippen molar-refractivity contribution in [1.82, 2.24) is 0 Å². The lowest BCUT2D eigenvalue weighted by Crippen LogP contribution is -2.25. The van der Waals surface area contributed by atoms with Gasteiger partial charge < -0.3 is 19.3 Å². The molecule has 7 heteroatoms. The predicted molar refractivity (Wildman–Crippen MR) is 96.2 cm³/mol. The van der Waals surface area contributed by atoms with Gasteiger partial charge in [-0.1, -0.05) is 22.0 Å². The van der Waals surface area contributed by atoms with Crippen molar-refractivity contribution in [1.29, 1.82) is 0 Å². The van der Waals surface area contributed by atoms with Crippen molar-refractivity contribution >= 4 is 27.7 Å². The zero-order valence-electron chi connectivity index (χ0n) is 13.6. The third kappa shape index (κ3) is 3.88. The lowest BCUT2D eigenvalue weighted by atomic mass is 10.2. The number of benzene rings is 2. The first-order valence-corrected chi connectivity index (χ1v) is 8.55. The lowest BCUT2D eigenvalue weighted by Gasteiger charge is -2.15. The summed E-state index contributed by atoms with van der Waals surface area (Å²) < 4.78 is 17.1. The summed E-state index contributed by atoms with van der Waals surface area (Å²) in [7, 11) is 1.62. The van der Waals surface area contributed by atoms with Gasteiger partial charge in [0.2, 0.25) is 0 Å². The van der Waals surface area contributed by atoms with E-state index in [9.17, 15) is 4.79 Å². The normalized spacial score (nSPS) is 16.7. The SMILES string of the molecule is COc1cccc(Br)c1COc1ccc(N2CC(CO)OC2=O)cc1. The maximum atomic E-state index is 11.8. The average molecular weight is 408 g/mol. The molecule has 1 atom stereocenters.